The van der Waals surface area contributed by atoms with Crippen LogP contribution in [-0.2, 0) is 11.2 Å². The topological polar surface area (TPSA) is 112 Å². The maximum Gasteiger partial charge on any atom is 0.342 e. The lowest BCUT2D eigenvalue weighted by molar-refractivity contribution is -0.131. The van der Waals surface area contributed by atoms with E-state index in [0.717, 1.165) is 11.8 Å². The Hall–Kier alpha value is -2.79. The lowest BCUT2D eigenvalue weighted by Gasteiger charge is -2.02. The molecule has 8 heteroatoms. The zero-order valence-corrected chi connectivity index (χ0v) is 13.1. The Bertz CT molecular complexity index is 747. The van der Waals surface area contributed by atoms with Crippen LogP contribution in [0.15, 0.2) is 34.3 Å². The maximum atomic E-state index is 11.4. The van der Waals surface area contributed by atoms with Crippen molar-refractivity contribution in [3.63, 3.8) is 0 Å². The van der Waals surface area contributed by atoms with Crippen molar-refractivity contribution in [2.45, 2.75) is 18.5 Å². The van der Waals surface area contributed by atoms with E-state index in [2.05, 4.69) is 15.2 Å². The third kappa shape index (κ3) is 4.86. The largest absolute Gasteiger partial charge is 0.479 e. The zero-order chi connectivity index (χ0) is 16.7. The van der Waals surface area contributed by atoms with Crippen molar-refractivity contribution in [3.8, 4) is 11.8 Å². The predicted octanol–water partition coefficient (Wildman–Crippen LogP) is 2.49. The molecule has 0 aliphatic heterocycles. The molecule has 2 N–H and O–H groups in total. The summed E-state index contributed by atoms with van der Waals surface area (Å²) in [5.74, 6) is 0.202. The van der Waals surface area contributed by atoms with Crippen molar-refractivity contribution >= 4 is 23.8 Å². The second kappa shape index (κ2) is 8.00. The van der Waals surface area contributed by atoms with E-state index < -0.39 is 5.97 Å². The number of rotatable bonds is 7. The summed E-state index contributed by atoms with van der Waals surface area (Å²) in [7, 11) is 0. The molecule has 2 rings (SSSR count). The summed E-state index contributed by atoms with van der Waals surface area (Å²) < 4.78 is 5.15. The van der Waals surface area contributed by atoms with Gasteiger partial charge in [0.2, 0.25) is 5.16 Å². The van der Waals surface area contributed by atoms with Gasteiger partial charge in [-0.1, -0.05) is 19.1 Å². The lowest BCUT2D eigenvalue weighted by atomic mass is 10.2. The van der Waals surface area contributed by atoms with Gasteiger partial charge in [0.25, 0.3) is 0 Å². The van der Waals surface area contributed by atoms with Crippen molar-refractivity contribution in [1.82, 2.24) is 15.2 Å². The Morgan fingerprint density at radius 2 is 2.22 bits per heavy atom. The number of carbonyl (C=O) groups is 1. The summed E-state index contributed by atoms with van der Waals surface area (Å²) in [6, 6.07) is 8.66. The Labute approximate surface area is 137 Å². The fourth-order valence-electron chi connectivity index (χ4n) is 1.64. The van der Waals surface area contributed by atoms with E-state index >= 15 is 0 Å². The number of H-pyrrole nitrogens is 1. The Morgan fingerprint density at radius 1 is 1.48 bits per heavy atom. The van der Waals surface area contributed by atoms with Gasteiger partial charge in [-0.05, 0) is 35.5 Å². The first-order valence-electron chi connectivity index (χ1n) is 6.76. The normalized spacial score (nSPS) is 11.0. The minimum absolute atomic E-state index is 0.0317. The van der Waals surface area contributed by atoms with Crippen LogP contribution in [0.1, 0.15) is 18.3 Å². The molecule has 0 fully saturated rings. The quantitative estimate of drug-likeness (QED) is 0.592. The first-order valence-corrected chi connectivity index (χ1v) is 7.58. The molecule has 0 atom stereocenters. The fourth-order valence-corrected chi connectivity index (χ4v) is 2.37. The maximum absolute atomic E-state index is 11.4. The highest BCUT2D eigenvalue weighted by Gasteiger charge is 2.13. The van der Waals surface area contributed by atoms with Gasteiger partial charge in [-0.15, -0.1) is 5.10 Å². The van der Waals surface area contributed by atoms with Gasteiger partial charge in [0.15, 0.2) is 6.61 Å². The Morgan fingerprint density at radius 3 is 2.78 bits per heavy atom. The van der Waals surface area contributed by atoms with E-state index in [1.165, 1.54) is 6.08 Å². The zero-order valence-electron chi connectivity index (χ0n) is 12.3. The molecule has 0 aliphatic rings. The van der Waals surface area contributed by atoms with E-state index in [9.17, 15) is 9.90 Å². The van der Waals surface area contributed by atoms with Crippen LogP contribution in [0.2, 0.25) is 0 Å². The second-order valence-electron chi connectivity index (χ2n) is 4.35. The average molecular weight is 330 g/mol. The number of hydrogen-bond acceptors (Lipinski definition) is 6. The molecular weight excluding hydrogens is 316 g/mol. The molecule has 118 valence electrons. The lowest BCUT2D eigenvalue weighted by Crippen LogP contribution is -1.97. The van der Waals surface area contributed by atoms with Crippen LogP contribution >= 0.6 is 11.8 Å². The van der Waals surface area contributed by atoms with Gasteiger partial charge in [-0.25, -0.2) is 9.78 Å². The number of benzene rings is 1. The number of aromatic nitrogens is 3. The Kier molecular flexibility index (Phi) is 5.77. The van der Waals surface area contributed by atoms with Crippen LogP contribution in [0.25, 0.3) is 6.08 Å². The van der Waals surface area contributed by atoms with Gasteiger partial charge in [0.1, 0.15) is 22.5 Å². The van der Waals surface area contributed by atoms with Crippen LogP contribution in [0.3, 0.4) is 0 Å². The van der Waals surface area contributed by atoms with Crippen LogP contribution in [0, 0.1) is 11.3 Å². The molecule has 0 saturated heterocycles. The van der Waals surface area contributed by atoms with Gasteiger partial charge in [0, 0.05) is 6.42 Å². The minimum Gasteiger partial charge on any atom is -0.479 e. The molecule has 1 heterocycles. The smallest absolute Gasteiger partial charge is 0.342 e. The molecule has 0 amide bonds. The SMILES string of the molecule is CCc1nc(S/C(=C\c2ccc(OCC#N)cc2)C(=O)O)n[nH]1. The number of aliphatic carboxylic acids is 1. The molecule has 0 spiro atoms. The molecule has 1 aromatic carbocycles. The number of aromatic amines is 1. The molecule has 0 radical (unpaired) electrons. The molecule has 2 aromatic rings. The summed E-state index contributed by atoms with van der Waals surface area (Å²) in [6.45, 7) is 1.90. The number of ether oxygens (including phenoxy) is 1. The van der Waals surface area contributed by atoms with E-state index in [-0.39, 0.29) is 11.5 Å². The van der Waals surface area contributed by atoms with Crippen molar-refractivity contribution in [1.29, 1.82) is 5.26 Å². The van der Waals surface area contributed by atoms with Crippen molar-refractivity contribution in [2.24, 2.45) is 0 Å². The third-order valence-corrected chi connectivity index (χ3v) is 3.62. The molecule has 0 unspecified atom stereocenters. The molecule has 7 nitrogen and oxygen atoms in total. The van der Waals surface area contributed by atoms with Crippen LogP contribution in [0.5, 0.6) is 5.75 Å². The minimum atomic E-state index is -1.05. The first kappa shape index (κ1) is 16.6. The summed E-state index contributed by atoms with van der Waals surface area (Å²) >= 11 is 0.980. The molecular formula is C15H14N4O3S. The monoisotopic (exact) mass is 330 g/mol. The van der Waals surface area contributed by atoms with Crippen LogP contribution in [-0.4, -0.2) is 32.9 Å². The number of nitrogens with zero attached hydrogens (tertiary/aromatic N) is 3. The molecule has 0 saturated carbocycles. The van der Waals surface area contributed by atoms with E-state index in [4.69, 9.17) is 10.00 Å². The van der Waals surface area contributed by atoms with Gasteiger partial charge in [-0.2, -0.15) is 5.26 Å². The number of carboxylic acid groups (broad SMARTS) is 1. The van der Waals surface area contributed by atoms with E-state index in [1.807, 2.05) is 13.0 Å². The number of aryl methyl sites for hydroxylation is 1. The van der Waals surface area contributed by atoms with Crippen molar-refractivity contribution < 1.29 is 14.6 Å². The van der Waals surface area contributed by atoms with Crippen LogP contribution < -0.4 is 4.74 Å². The highest BCUT2D eigenvalue weighted by molar-refractivity contribution is 8.04. The van der Waals surface area contributed by atoms with E-state index in [0.29, 0.717) is 28.7 Å². The predicted molar refractivity (Wildman–Crippen MR) is 84.8 cm³/mol. The highest BCUT2D eigenvalue weighted by atomic mass is 32.2. The highest BCUT2D eigenvalue weighted by Crippen LogP contribution is 2.26. The molecule has 1 aromatic heterocycles. The summed E-state index contributed by atoms with van der Waals surface area (Å²) in [5, 5.41) is 24.9. The standard InChI is InChI=1S/C15H14N4O3S/c1-2-13-17-15(19-18-13)23-12(14(20)21)9-10-3-5-11(6-4-10)22-8-7-16/h3-6,9H,2,8H2,1H3,(H,20,21)(H,17,18,19)/b12-9-. The van der Waals surface area contributed by atoms with Crippen LogP contribution in [0.4, 0.5) is 0 Å². The number of carboxylic acids is 1. The van der Waals surface area contributed by atoms with Crippen molar-refractivity contribution in [2.75, 3.05) is 6.61 Å². The second-order valence-corrected chi connectivity index (χ2v) is 5.36. The number of thioether (sulfide) groups is 1. The van der Waals surface area contributed by atoms with Gasteiger partial charge >= 0.3 is 5.97 Å². The van der Waals surface area contributed by atoms with E-state index in [1.54, 1.807) is 24.3 Å². The number of nitriles is 1. The third-order valence-electron chi connectivity index (χ3n) is 2.74. The summed E-state index contributed by atoms with van der Waals surface area (Å²) in [5.41, 5.74) is 0.699. The molecule has 23 heavy (non-hydrogen) atoms. The first-order chi connectivity index (χ1) is 11.1. The molecule has 0 bridgehead atoms. The fraction of sp³-hybridized carbons (Fsp3) is 0.200. The van der Waals surface area contributed by atoms with Gasteiger partial charge in [0.05, 0.1) is 0 Å². The van der Waals surface area contributed by atoms with Crippen molar-refractivity contribution in [3.05, 3.63) is 40.6 Å². The summed E-state index contributed by atoms with van der Waals surface area (Å²) in [4.78, 5) is 15.7. The molecule has 0 aliphatic carbocycles. The Balaban J connectivity index is 2.14. The van der Waals surface area contributed by atoms with Gasteiger partial charge in [-0.3, -0.25) is 5.10 Å². The average Bonchev–Trinajstić information content (AvgIpc) is 3.01. The summed E-state index contributed by atoms with van der Waals surface area (Å²) in [6.07, 6.45) is 2.23. The number of nitrogens with one attached hydrogen (secondary N) is 1. The number of hydrogen-bond donors (Lipinski definition) is 2. The van der Waals surface area contributed by atoms with Gasteiger partial charge < -0.3 is 9.84 Å².